The number of aromatic nitrogens is 3. The second kappa shape index (κ2) is 5.45. The van der Waals surface area contributed by atoms with Crippen molar-refractivity contribution >= 4 is 5.91 Å². The average molecular weight is 211 g/mol. The van der Waals surface area contributed by atoms with E-state index in [9.17, 15) is 4.79 Å². The van der Waals surface area contributed by atoms with E-state index < -0.39 is 6.04 Å². The Kier molecular flexibility index (Phi) is 4.23. The molecule has 84 valence electrons. The van der Waals surface area contributed by atoms with Crippen molar-refractivity contribution in [2.75, 3.05) is 0 Å². The van der Waals surface area contributed by atoms with Crippen LogP contribution in [0.1, 0.15) is 38.6 Å². The van der Waals surface area contributed by atoms with Crippen molar-refractivity contribution in [1.29, 1.82) is 0 Å². The van der Waals surface area contributed by atoms with Gasteiger partial charge in [0.25, 0.3) is 0 Å². The smallest absolute Gasteiger partial charge is 0.237 e. The Morgan fingerprint density at radius 1 is 1.73 bits per heavy atom. The van der Waals surface area contributed by atoms with E-state index in [2.05, 4.69) is 20.5 Å². The lowest BCUT2D eigenvalue weighted by molar-refractivity contribution is -0.123. The number of amides is 1. The molecule has 1 aromatic rings. The first kappa shape index (κ1) is 11.6. The summed E-state index contributed by atoms with van der Waals surface area (Å²) in [6.07, 6.45) is 2.99. The summed E-state index contributed by atoms with van der Waals surface area (Å²) in [6, 6.07) is -0.636. The second-order valence-electron chi connectivity index (χ2n) is 3.50. The van der Waals surface area contributed by atoms with Crippen molar-refractivity contribution in [1.82, 2.24) is 20.5 Å². The number of H-pyrrole nitrogens is 1. The molecule has 15 heavy (non-hydrogen) atoms. The molecular weight excluding hydrogens is 194 g/mol. The molecule has 1 rings (SSSR count). The Morgan fingerprint density at radius 2 is 2.47 bits per heavy atom. The van der Waals surface area contributed by atoms with Gasteiger partial charge in [0.1, 0.15) is 12.2 Å². The minimum absolute atomic E-state index is 0.152. The molecule has 1 unspecified atom stereocenters. The van der Waals surface area contributed by atoms with Crippen molar-refractivity contribution in [3.05, 3.63) is 12.2 Å². The van der Waals surface area contributed by atoms with E-state index >= 15 is 0 Å². The monoisotopic (exact) mass is 211 g/mol. The highest BCUT2D eigenvalue weighted by molar-refractivity contribution is 5.81. The van der Waals surface area contributed by atoms with Crippen LogP contribution in [0.15, 0.2) is 6.33 Å². The van der Waals surface area contributed by atoms with Crippen LogP contribution in [0.5, 0.6) is 0 Å². The van der Waals surface area contributed by atoms with Crippen molar-refractivity contribution in [2.45, 2.75) is 38.8 Å². The average Bonchev–Trinajstić information content (AvgIpc) is 2.70. The molecular formula is C9H17N5O. The molecule has 0 saturated heterocycles. The van der Waals surface area contributed by atoms with Gasteiger partial charge in [-0.2, -0.15) is 5.10 Å². The van der Waals surface area contributed by atoms with Crippen molar-refractivity contribution in [3.8, 4) is 0 Å². The number of hydrogen-bond acceptors (Lipinski definition) is 4. The Morgan fingerprint density at radius 3 is 3.00 bits per heavy atom. The summed E-state index contributed by atoms with van der Waals surface area (Å²) in [5.41, 5.74) is 5.67. The molecule has 0 radical (unpaired) electrons. The van der Waals surface area contributed by atoms with Crippen LogP contribution in [0.3, 0.4) is 0 Å². The number of carbonyl (C=O) groups excluding carboxylic acids is 1. The molecule has 6 heteroatoms. The van der Waals surface area contributed by atoms with Crippen molar-refractivity contribution in [2.24, 2.45) is 5.73 Å². The van der Waals surface area contributed by atoms with Gasteiger partial charge in [0.15, 0.2) is 0 Å². The number of nitrogens with two attached hydrogens (primary N) is 1. The number of rotatable bonds is 5. The first-order valence-corrected chi connectivity index (χ1v) is 5.06. The fourth-order valence-corrected chi connectivity index (χ4v) is 1.25. The van der Waals surface area contributed by atoms with Gasteiger partial charge in [-0.1, -0.05) is 13.3 Å². The molecule has 0 aromatic carbocycles. The molecule has 0 aliphatic heterocycles. The van der Waals surface area contributed by atoms with Gasteiger partial charge in [0.2, 0.25) is 5.91 Å². The quantitative estimate of drug-likeness (QED) is 0.644. The summed E-state index contributed by atoms with van der Waals surface area (Å²) >= 11 is 0. The summed E-state index contributed by atoms with van der Waals surface area (Å²) < 4.78 is 0. The zero-order valence-corrected chi connectivity index (χ0v) is 9.03. The molecule has 6 nitrogen and oxygen atoms in total. The van der Waals surface area contributed by atoms with Crippen LogP contribution in [-0.4, -0.2) is 27.1 Å². The van der Waals surface area contributed by atoms with Gasteiger partial charge in [0, 0.05) is 0 Å². The minimum Gasteiger partial charge on any atom is -0.345 e. The lowest BCUT2D eigenvalue weighted by Crippen LogP contribution is -2.41. The van der Waals surface area contributed by atoms with E-state index in [1.165, 1.54) is 6.33 Å². The third-order valence-electron chi connectivity index (χ3n) is 2.14. The second-order valence-corrected chi connectivity index (χ2v) is 3.50. The largest absolute Gasteiger partial charge is 0.345 e. The highest BCUT2D eigenvalue weighted by atomic mass is 16.2. The molecule has 4 N–H and O–H groups in total. The lowest BCUT2D eigenvalue weighted by Gasteiger charge is -2.15. The van der Waals surface area contributed by atoms with Gasteiger partial charge in [-0.3, -0.25) is 9.89 Å². The number of nitrogens with zero attached hydrogens (tertiary/aromatic N) is 2. The van der Waals surface area contributed by atoms with Gasteiger partial charge in [-0.05, 0) is 13.3 Å². The fraction of sp³-hybridized carbons (Fsp3) is 0.667. The maximum atomic E-state index is 11.5. The van der Waals surface area contributed by atoms with E-state index in [-0.39, 0.29) is 11.9 Å². The van der Waals surface area contributed by atoms with Crippen LogP contribution in [0.4, 0.5) is 0 Å². The molecule has 1 aromatic heterocycles. The first-order chi connectivity index (χ1) is 7.15. The molecule has 0 aliphatic rings. The molecule has 0 aliphatic carbocycles. The van der Waals surface area contributed by atoms with Crippen LogP contribution in [0, 0.1) is 0 Å². The van der Waals surface area contributed by atoms with Crippen molar-refractivity contribution in [3.63, 3.8) is 0 Å². The zero-order valence-electron chi connectivity index (χ0n) is 9.03. The lowest BCUT2D eigenvalue weighted by atomic mass is 10.1. The summed E-state index contributed by atoms with van der Waals surface area (Å²) in [6.45, 7) is 3.82. The van der Waals surface area contributed by atoms with Crippen LogP contribution in [-0.2, 0) is 4.79 Å². The van der Waals surface area contributed by atoms with E-state index in [0.717, 1.165) is 6.42 Å². The number of aromatic amines is 1. The molecule has 0 spiro atoms. The fourth-order valence-electron chi connectivity index (χ4n) is 1.25. The van der Waals surface area contributed by atoms with Gasteiger partial charge in [0.05, 0.1) is 12.1 Å². The van der Waals surface area contributed by atoms with Crippen LogP contribution < -0.4 is 11.1 Å². The van der Waals surface area contributed by atoms with Crippen molar-refractivity contribution < 1.29 is 4.79 Å². The maximum Gasteiger partial charge on any atom is 0.237 e. The standard InChI is InChI=1S/C9H17N5O/c1-3-4-7(10)9(15)13-6(2)8-11-5-12-14-8/h5-7H,3-4,10H2,1-2H3,(H,13,15)(H,11,12,14)/t6?,7-/m1/s1. The molecule has 2 atom stereocenters. The number of carbonyl (C=O) groups is 1. The first-order valence-electron chi connectivity index (χ1n) is 5.06. The third kappa shape index (κ3) is 3.32. The van der Waals surface area contributed by atoms with Crippen LogP contribution >= 0.6 is 0 Å². The highest BCUT2D eigenvalue weighted by Gasteiger charge is 2.16. The predicted molar refractivity (Wildman–Crippen MR) is 55.8 cm³/mol. The van der Waals surface area contributed by atoms with E-state index in [0.29, 0.717) is 12.2 Å². The number of nitrogens with one attached hydrogen (secondary N) is 2. The zero-order chi connectivity index (χ0) is 11.3. The van der Waals surface area contributed by atoms with Gasteiger partial charge in [-0.15, -0.1) is 0 Å². The molecule has 0 fully saturated rings. The molecule has 1 amide bonds. The van der Waals surface area contributed by atoms with Gasteiger partial charge >= 0.3 is 0 Å². The Balaban J connectivity index is 2.44. The summed E-state index contributed by atoms with van der Waals surface area (Å²) in [5.74, 6) is 0.479. The highest BCUT2D eigenvalue weighted by Crippen LogP contribution is 2.04. The topological polar surface area (TPSA) is 96.7 Å². The number of hydrogen-bond donors (Lipinski definition) is 3. The Hall–Kier alpha value is -1.43. The van der Waals surface area contributed by atoms with Crippen LogP contribution in [0.2, 0.25) is 0 Å². The maximum absolute atomic E-state index is 11.5. The van der Waals surface area contributed by atoms with Gasteiger partial charge in [-0.25, -0.2) is 4.98 Å². The van der Waals surface area contributed by atoms with E-state index in [4.69, 9.17) is 5.73 Å². The molecule has 0 bridgehead atoms. The predicted octanol–water partition coefficient (Wildman–Crippen LogP) is 0.109. The summed E-state index contributed by atoms with van der Waals surface area (Å²) in [4.78, 5) is 15.5. The Labute approximate surface area is 88.7 Å². The van der Waals surface area contributed by atoms with E-state index in [1.807, 2.05) is 13.8 Å². The molecule has 1 heterocycles. The normalized spacial score (nSPS) is 14.6. The third-order valence-corrected chi connectivity index (χ3v) is 2.14. The Bertz CT molecular complexity index is 297. The minimum atomic E-state index is -0.444. The molecule has 0 saturated carbocycles. The van der Waals surface area contributed by atoms with E-state index in [1.54, 1.807) is 0 Å². The van der Waals surface area contributed by atoms with Gasteiger partial charge < -0.3 is 11.1 Å². The SMILES string of the molecule is CCC[C@@H](N)C(=O)NC(C)c1ncn[nH]1. The summed E-state index contributed by atoms with van der Waals surface area (Å²) in [5, 5.41) is 9.18. The summed E-state index contributed by atoms with van der Waals surface area (Å²) in [7, 11) is 0. The van der Waals surface area contributed by atoms with Crippen LogP contribution in [0.25, 0.3) is 0 Å².